The molecule has 0 bridgehead atoms. The van der Waals surface area contributed by atoms with Gasteiger partial charge in [-0.25, -0.2) is 8.42 Å². The van der Waals surface area contributed by atoms with Gasteiger partial charge < -0.3 is 4.90 Å². The highest BCUT2D eigenvalue weighted by atomic mass is 32.2. The van der Waals surface area contributed by atoms with Gasteiger partial charge in [-0.1, -0.05) is 12.8 Å². The van der Waals surface area contributed by atoms with Crippen LogP contribution in [0, 0.1) is 0 Å². The number of carbonyl (C=O) groups excluding carboxylic acids is 1. The van der Waals surface area contributed by atoms with Gasteiger partial charge in [0.15, 0.2) is 0 Å². The number of nitrogens with zero attached hydrogens (tertiary/aromatic N) is 2. The number of hydrogen-bond donors (Lipinski definition) is 0. The molecule has 2 rings (SSSR count). The Morgan fingerprint density at radius 1 is 1.13 bits per heavy atom. The molecule has 0 atom stereocenters. The molecule has 0 aromatic heterocycles. The van der Waals surface area contributed by atoms with E-state index >= 15 is 0 Å². The SMILES string of the molecule is CSc1ccc(S(=O)(=O)N(C)CC(=O)N2CCCCCC2)cc1. The normalized spacial score (nSPS) is 16.4. The molecular weight excluding hydrogens is 332 g/mol. The van der Waals surface area contributed by atoms with Crippen LogP contribution < -0.4 is 0 Å². The molecule has 1 aromatic carbocycles. The molecule has 1 saturated heterocycles. The molecule has 0 spiro atoms. The van der Waals surface area contributed by atoms with Gasteiger partial charge in [0.2, 0.25) is 15.9 Å². The Labute approximate surface area is 143 Å². The Balaban J connectivity index is 2.05. The summed E-state index contributed by atoms with van der Waals surface area (Å²) < 4.78 is 26.3. The van der Waals surface area contributed by atoms with Crippen LogP contribution in [0.4, 0.5) is 0 Å². The third kappa shape index (κ3) is 4.71. The first-order chi connectivity index (χ1) is 10.9. The minimum atomic E-state index is -3.63. The maximum Gasteiger partial charge on any atom is 0.243 e. The lowest BCUT2D eigenvalue weighted by atomic mass is 10.2. The predicted molar refractivity (Wildman–Crippen MR) is 93.1 cm³/mol. The Morgan fingerprint density at radius 3 is 2.22 bits per heavy atom. The van der Waals surface area contributed by atoms with E-state index in [2.05, 4.69) is 0 Å². The molecular formula is C16H24N2O3S2. The second kappa shape index (κ2) is 8.17. The number of sulfonamides is 1. The molecule has 0 unspecified atom stereocenters. The number of likely N-dealkylation sites (tertiary alicyclic amines) is 1. The molecule has 7 heteroatoms. The van der Waals surface area contributed by atoms with Gasteiger partial charge in [0.1, 0.15) is 0 Å². The Bertz CT molecular complexity index is 621. The number of thioether (sulfide) groups is 1. The second-order valence-corrected chi connectivity index (χ2v) is 8.66. The van der Waals surface area contributed by atoms with Gasteiger partial charge in [0.25, 0.3) is 0 Å². The molecule has 128 valence electrons. The first kappa shape index (κ1) is 18.3. The van der Waals surface area contributed by atoms with Gasteiger partial charge in [-0.2, -0.15) is 4.31 Å². The molecule has 5 nitrogen and oxygen atoms in total. The first-order valence-corrected chi connectivity index (χ1v) is 10.5. The predicted octanol–water partition coefficient (Wildman–Crippen LogP) is 2.43. The van der Waals surface area contributed by atoms with Gasteiger partial charge in [-0.15, -0.1) is 11.8 Å². The van der Waals surface area contributed by atoms with Crippen molar-refractivity contribution in [2.24, 2.45) is 0 Å². The number of carbonyl (C=O) groups is 1. The quantitative estimate of drug-likeness (QED) is 0.761. The standard InChI is InChI=1S/C16H24N2O3S2/c1-17(13-16(19)18-11-5-3-4-6-12-18)23(20,21)15-9-7-14(22-2)8-10-15/h7-10H,3-6,11-13H2,1-2H3. The van der Waals surface area contributed by atoms with E-state index in [4.69, 9.17) is 0 Å². The van der Waals surface area contributed by atoms with Crippen LogP contribution in [0.2, 0.25) is 0 Å². The summed E-state index contributed by atoms with van der Waals surface area (Å²) in [5.41, 5.74) is 0. The van der Waals surface area contributed by atoms with Crippen LogP contribution in [0.15, 0.2) is 34.1 Å². The highest BCUT2D eigenvalue weighted by Gasteiger charge is 2.25. The minimum Gasteiger partial charge on any atom is -0.342 e. The fraction of sp³-hybridized carbons (Fsp3) is 0.562. The van der Waals surface area contributed by atoms with E-state index in [-0.39, 0.29) is 17.3 Å². The number of benzene rings is 1. The van der Waals surface area contributed by atoms with Crippen molar-refractivity contribution in [2.75, 3.05) is 32.9 Å². The molecule has 0 radical (unpaired) electrons. The lowest BCUT2D eigenvalue weighted by Gasteiger charge is -2.24. The number of amides is 1. The van der Waals surface area contributed by atoms with Crippen LogP contribution in [0.25, 0.3) is 0 Å². The van der Waals surface area contributed by atoms with Crippen molar-refractivity contribution in [2.45, 2.75) is 35.5 Å². The van der Waals surface area contributed by atoms with Gasteiger partial charge >= 0.3 is 0 Å². The monoisotopic (exact) mass is 356 g/mol. The second-order valence-electron chi connectivity index (χ2n) is 5.73. The van der Waals surface area contributed by atoms with Crippen molar-refractivity contribution < 1.29 is 13.2 Å². The smallest absolute Gasteiger partial charge is 0.243 e. The molecule has 0 saturated carbocycles. The third-order valence-corrected chi connectivity index (χ3v) is 6.65. The lowest BCUT2D eigenvalue weighted by molar-refractivity contribution is -0.131. The van der Waals surface area contributed by atoms with Crippen molar-refractivity contribution in [1.29, 1.82) is 0 Å². The summed E-state index contributed by atoms with van der Waals surface area (Å²) in [6.45, 7) is 1.36. The molecule has 1 aliphatic rings. The summed E-state index contributed by atoms with van der Waals surface area (Å²) in [6.07, 6.45) is 6.21. The van der Waals surface area contributed by atoms with E-state index in [0.29, 0.717) is 0 Å². The molecule has 1 heterocycles. The van der Waals surface area contributed by atoms with Crippen LogP contribution in [0.3, 0.4) is 0 Å². The van der Waals surface area contributed by atoms with Gasteiger partial charge in [0.05, 0.1) is 11.4 Å². The summed E-state index contributed by atoms with van der Waals surface area (Å²) in [5.74, 6) is -0.112. The summed E-state index contributed by atoms with van der Waals surface area (Å²) in [7, 11) is -2.16. The Kier molecular flexibility index (Phi) is 6.50. The van der Waals surface area contributed by atoms with Crippen LogP contribution >= 0.6 is 11.8 Å². The summed E-state index contributed by atoms with van der Waals surface area (Å²) >= 11 is 1.56. The molecule has 1 fully saturated rings. The van der Waals surface area contributed by atoms with Crippen LogP contribution in [0.5, 0.6) is 0 Å². The van der Waals surface area contributed by atoms with E-state index in [0.717, 1.165) is 48.0 Å². The van der Waals surface area contributed by atoms with E-state index < -0.39 is 10.0 Å². The fourth-order valence-electron chi connectivity index (χ4n) is 2.62. The Hall–Kier alpha value is -1.05. The minimum absolute atomic E-state index is 0.105. The van der Waals surface area contributed by atoms with E-state index in [1.165, 1.54) is 7.05 Å². The maximum atomic E-state index is 12.6. The summed E-state index contributed by atoms with van der Waals surface area (Å²) in [6, 6.07) is 6.74. The zero-order valence-corrected chi connectivity index (χ0v) is 15.3. The highest BCUT2D eigenvalue weighted by Crippen LogP contribution is 2.20. The zero-order valence-electron chi connectivity index (χ0n) is 13.7. The van der Waals surface area contributed by atoms with Gasteiger partial charge in [-0.05, 0) is 43.4 Å². The lowest BCUT2D eigenvalue weighted by Crippen LogP contribution is -2.41. The highest BCUT2D eigenvalue weighted by molar-refractivity contribution is 7.98. The van der Waals surface area contributed by atoms with E-state index in [9.17, 15) is 13.2 Å². The van der Waals surface area contributed by atoms with Crippen LogP contribution in [0.1, 0.15) is 25.7 Å². The van der Waals surface area contributed by atoms with Crippen molar-refractivity contribution in [3.63, 3.8) is 0 Å². The first-order valence-electron chi connectivity index (χ1n) is 7.83. The topological polar surface area (TPSA) is 57.7 Å². The molecule has 1 aromatic rings. The largest absolute Gasteiger partial charge is 0.342 e. The average molecular weight is 357 g/mol. The van der Waals surface area contributed by atoms with E-state index in [1.807, 2.05) is 6.26 Å². The maximum absolute atomic E-state index is 12.6. The molecule has 0 aliphatic carbocycles. The van der Waals surface area contributed by atoms with Crippen LogP contribution in [-0.4, -0.2) is 56.5 Å². The Morgan fingerprint density at radius 2 is 1.70 bits per heavy atom. The zero-order chi connectivity index (χ0) is 16.9. The van der Waals surface area contributed by atoms with Gasteiger partial charge in [-0.3, -0.25) is 4.79 Å². The number of hydrogen-bond acceptors (Lipinski definition) is 4. The van der Waals surface area contributed by atoms with Crippen molar-refractivity contribution in [3.05, 3.63) is 24.3 Å². The fourth-order valence-corrected chi connectivity index (χ4v) is 4.15. The number of rotatable bonds is 5. The third-order valence-electron chi connectivity index (χ3n) is 4.08. The molecule has 1 aliphatic heterocycles. The summed E-state index contributed by atoms with van der Waals surface area (Å²) in [4.78, 5) is 15.4. The van der Waals surface area contributed by atoms with Crippen molar-refractivity contribution in [3.8, 4) is 0 Å². The van der Waals surface area contributed by atoms with Gasteiger partial charge in [0, 0.05) is 25.0 Å². The molecule has 0 N–H and O–H groups in total. The number of likely N-dealkylation sites (N-methyl/N-ethyl adjacent to an activating group) is 1. The summed E-state index contributed by atoms with van der Waals surface area (Å²) in [5, 5.41) is 0. The van der Waals surface area contributed by atoms with Crippen LogP contribution in [-0.2, 0) is 14.8 Å². The van der Waals surface area contributed by atoms with Crippen molar-refractivity contribution >= 4 is 27.7 Å². The average Bonchev–Trinajstić information content (AvgIpc) is 2.84. The molecule has 1 amide bonds. The van der Waals surface area contributed by atoms with Crippen molar-refractivity contribution in [1.82, 2.24) is 9.21 Å². The molecule has 23 heavy (non-hydrogen) atoms. The van der Waals surface area contributed by atoms with E-state index in [1.54, 1.807) is 40.9 Å².